The standard InChI is InChI=1S/C10H10N2O2/c1-2-7-3-5-8(6-4-7)9-11-10(13)14-12-9/h3-6H,2H2,1H3,(H,11,12,13). The Morgan fingerprint density at radius 1 is 1.36 bits per heavy atom. The zero-order valence-electron chi connectivity index (χ0n) is 7.78. The lowest BCUT2D eigenvalue weighted by molar-refractivity contribution is 0.388. The predicted octanol–water partition coefficient (Wildman–Crippen LogP) is 1.59. The maximum atomic E-state index is 10.7. The molecule has 1 aromatic heterocycles. The molecule has 4 heteroatoms. The number of nitrogens with zero attached hydrogens (tertiary/aromatic N) is 1. The summed E-state index contributed by atoms with van der Waals surface area (Å²) in [5.74, 6) is -0.0581. The van der Waals surface area contributed by atoms with Crippen molar-refractivity contribution in [3.05, 3.63) is 40.4 Å². The summed E-state index contributed by atoms with van der Waals surface area (Å²) in [6, 6.07) is 7.82. The Labute approximate surface area is 80.6 Å². The predicted molar refractivity (Wildman–Crippen MR) is 51.9 cm³/mol. The summed E-state index contributed by atoms with van der Waals surface area (Å²) < 4.78 is 4.41. The van der Waals surface area contributed by atoms with Crippen molar-refractivity contribution in [2.45, 2.75) is 13.3 Å². The van der Waals surface area contributed by atoms with Crippen LogP contribution in [0.1, 0.15) is 12.5 Å². The van der Waals surface area contributed by atoms with Gasteiger partial charge in [0.1, 0.15) is 0 Å². The van der Waals surface area contributed by atoms with Gasteiger partial charge in [-0.05, 0) is 12.0 Å². The number of hydrogen-bond acceptors (Lipinski definition) is 3. The highest BCUT2D eigenvalue weighted by Gasteiger charge is 2.02. The number of aromatic amines is 1. The van der Waals surface area contributed by atoms with Gasteiger partial charge in [-0.25, -0.2) is 4.79 Å². The van der Waals surface area contributed by atoms with E-state index in [4.69, 9.17) is 0 Å². The quantitative estimate of drug-likeness (QED) is 0.782. The van der Waals surface area contributed by atoms with Gasteiger partial charge in [0.15, 0.2) is 5.82 Å². The van der Waals surface area contributed by atoms with Crippen molar-refractivity contribution in [2.75, 3.05) is 0 Å². The Kier molecular flexibility index (Phi) is 2.18. The van der Waals surface area contributed by atoms with Crippen molar-refractivity contribution in [2.24, 2.45) is 0 Å². The van der Waals surface area contributed by atoms with Crippen LogP contribution in [0.3, 0.4) is 0 Å². The zero-order valence-corrected chi connectivity index (χ0v) is 7.78. The molecule has 4 nitrogen and oxygen atoms in total. The average Bonchev–Trinajstić information content (AvgIpc) is 2.65. The molecule has 0 aliphatic rings. The lowest BCUT2D eigenvalue weighted by Gasteiger charge is -1.97. The summed E-state index contributed by atoms with van der Waals surface area (Å²) in [4.78, 5) is 13.2. The topological polar surface area (TPSA) is 58.9 Å². The third kappa shape index (κ3) is 1.59. The normalized spacial score (nSPS) is 10.4. The number of aryl methyl sites for hydroxylation is 1. The maximum Gasteiger partial charge on any atom is 0.439 e. The van der Waals surface area contributed by atoms with Gasteiger partial charge in [-0.1, -0.05) is 36.3 Å². The first-order chi connectivity index (χ1) is 6.79. The lowest BCUT2D eigenvalue weighted by atomic mass is 10.1. The van der Waals surface area contributed by atoms with Crippen molar-refractivity contribution in [1.82, 2.24) is 10.1 Å². The van der Waals surface area contributed by atoms with Gasteiger partial charge in [0.2, 0.25) is 0 Å². The highest BCUT2D eigenvalue weighted by Crippen LogP contribution is 2.14. The Morgan fingerprint density at radius 2 is 2.07 bits per heavy atom. The SMILES string of the molecule is CCc1ccc(-c2noc(=O)[nH]2)cc1. The first kappa shape index (κ1) is 8.74. The monoisotopic (exact) mass is 190 g/mol. The summed E-state index contributed by atoms with van der Waals surface area (Å²) in [6.45, 7) is 2.09. The molecule has 72 valence electrons. The lowest BCUT2D eigenvalue weighted by Crippen LogP contribution is -1.94. The molecule has 1 heterocycles. The largest absolute Gasteiger partial charge is 0.439 e. The number of nitrogens with one attached hydrogen (secondary N) is 1. The summed E-state index contributed by atoms with van der Waals surface area (Å²) in [5.41, 5.74) is 2.10. The van der Waals surface area contributed by atoms with Crippen LogP contribution in [-0.4, -0.2) is 10.1 Å². The fourth-order valence-corrected chi connectivity index (χ4v) is 1.25. The molecule has 0 amide bonds. The molecule has 0 aliphatic heterocycles. The number of rotatable bonds is 2. The minimum absolute atomic E-state index is 0.470. The minimum Gasteiger partial charge on any atom is -0.296 e. The number of aromatic nitrogens is 2. The third-order valence-corrected chi connectivity index (χ3v) is 2.08. The minimum atomic E-state index is -0.528. The smallest absolute Gasteiger partial charge is 0.296 e. The molecule has 0 unspecified atom stereocenters. The van der Waals surface area contributed by atoms with Gasteiger partial charge in [0, 0.05) is 5.56 Å². The van der Waals surface area contributed by atoms with Gasteiger partial charge >= 0.3 is 5.76 Å². The van der Waals surface area contributed by atoms with Gasteiger partial charge in [-0.2, -0.15) is 0 Å². The van der Waals surface area contributed by atoms with Gasteiger partial charge in [-0.15, -0.1) is 0 Å². The van der Waals surface area contributed by atoms with Crippen molar-refractivity contribution in [1.29, 1.82) is 0 Å². The van der Waals surface area contributed by atoms with Crippen LogP contribution >= 0.6 is 0 Å². The van der Waals surface area contributed by atoms with Crippen LogP contribution < -0.4 is 5.76 Å². The molecule has 0 fully saturated rings. The first-order valence-electron chi connectivity index (χ1n) is 4.45. The summed E-state index contributed by atoms with van der Waals surface area (Å²) in [5, 5.41) is 3.60. The second kappa shape index (κ2) is 3.49. The molecule has 0 saturated carbocycles. The molecule has 2 aromatic rings. The van der Waals surface area contributed by atoms with Crippen LogP contribution in [-0.2, 0) is 6.42 Å². The molecular formula is C10H10N2O2. The molecule has 1 N–H and O–H groups in total. The molecule has 0 saturated heterocycles. The van der Waals surface area contributed by atoms with E-state index in [1.165, 1.54) is 5.56 Å². The van der Waals surface area contributed by atoms with E-state index in [9.17, 15) is 4.79 Å². The molecule has 0 spiro atoms. The highest BCUT2D eigenvalue weighted by atomic mass is 16.5. The number of hydrogen-bond donors (Lipinski definition) is 1. The van der Waals surface area contributed by atoms with Gasteiger partial charge in [0.25, 0.3) is 0 Å². The second-order valence-corrected chi connectivity index (χ2v) is 2.99. The first-order valence-corrected chi connectivity index (χ1v) is 4.45. The Balaban J connectivity index is 2.38. The molecule has 0 aliphatic carbocycles. The second-order valence-electron chi connectivity index (χ2n) is 2.99. The van der Waals surface area contributed by atoms with E-state index in [-0.39, 0.29) is 0 Å². The fourth-order valence-electron chi connectivity index (χ4n) is 1.25. The Hall–Kier alpha value is -1.84. The van der Waals surface area contributed by atoms with E-state index in [2.05, 4.69) is 21.6 Å². The van der Waals surface area contributed by atoms with E-state index < -0.39 is 5.76 Å². The molecular weight excluding hydrogens is 180 g/mol. The van der Waals surface area contributed by atoms with Gasteiger partial charge < -0.3 is 0 Å². The number of H-pyrrole nitrogens is 1. The van der Waals surface area contributed by atoms with E-state index in [1.54, 1.807) is 0 Å². The molecule has 2 rings (SSSR count). The highest BCUT2D eigenvalue weighted by molar-refractivity contribution is 5.54. The van der Waals surface area contributed by atoms with Crippen molar-refractivity contribution < 1.29 is 4.52 Å². The zero-order chi connectivity index (χ0) is 9.97. The molecule has 0 radical (unpaired) electrons. The van der Waals surface area contributed by atoms with E-state index >= 15 is 0 Å². The van der Waals surface area contributed by atoms with Crippen LogP contribution in [0.2, 0.25) is 0 Å². The summed E-state index contributed by atoms with van der Waals surface area (Å²) >= 11 is 0. The Morgan fingerprint density at radius 3 is 2.57 bits per heavy atom. The third-order valence-electron chi connectivity index (χ3n) is 2.08. The summed E-state index contributed by atoms with van der Waals surface area (Å²) in [7, 11) is 0. The molecule has 14 heavy (non-hydrogen) atoms. The van der Waals surface area contributed by atoms with Crippen LogP contribution in [0.25, 0.3) is 11.4 Å². The van der Waals surface area contributed by atoms with Crippen molar-refractivity contribution in [3.63, 3.8) is 0 Å². The van der Waals surface area contributed by atoms with Gasteiger partial charge in [-0.3, -0.25) is 9.51 Å². The average molecular weight is 190 g/mol. The molecule has 1 aromatic carbocycles. The molecule has 0 atom stereocenters. The number of benzene rings is 1. The Bertz CT molecular complexity index is 467. The van der Waals surface area contributed by atoms with Crippen LogP contribution in [0.4, 0.5) is 0 Å². The van der Waals surface area contributed by atoms with E-state index in [1.807, 2.05) is 24.3 Å². The van der Waals surface area contributed by atoms with Crippen molar-refractivity contribution in [3.8, 4) is 11.4 Å². The maximum absolute atomic E-state index is 10.7. The van der Waals surface area contributed by atoms with Crippen LogP contribution in [0, 0.1) is 0 Å². The summed E-state index contributed by atoms with van der Waals surface area (Å²) in [6.07, 6.45) is 0.996. The van der Waals surface area contributed by atoms with E-state index in [0.29, 0.717) is 5.82 Å². The van der Waals surface area contributed by atoms with Crippen LogP contribution in [0.5, 0.6) is 0 Å². The molecule has 0 bridgehead atoms. The van der Waals surface area contributed by atoms with Crippen LogP contribution in [0.15, 0.2) is 33.6 Å². The van der Waals surface area contributed by atoms with E-state index in [0.717, 1.165) is 12.0 Å². The van der Waals surface area contributed by atoms with Crippen molar-refractivity contribution >= 4 is 0 Å². The fraction of sp³-hybridized carbons (Fsp3) is 0.200. The van der Waals surface area contributed by atoms with Gasteiger partial charge in [0.05, 0.1) is 0 Å².